The van der Waals surface area contributed by atoms with Crippen LogP contribution in [0.5, 0.6) is 0 Å². The van der Waals surface area contributed by atoms with E-state index in [1.54, 1.807) is 24.3 Å². The van der Waals surface area contributed by atoms with Gasteiger partial charge in [0.2, 0.25) is 0 Å². The predicted octanol–water partition coefficient (Wildman–Crippen LogP) is 5.96. The van der Waals surface area contributed by atoms with Gasteiger partial charge in [-0.25, -0.2) is 9.37 Å². The van der Waals surface area contributed by atoms with Crippen LogP contribution in [-0.2, 0) is 6.42 Å². The molecule has 4 aromatic rings. The van der Waals surface area contributed by atoms with E-state index in [4.69, 9.17) is 11.6 Å². The molecule has 0 radical (unpaired) electrons. The van der Waals surface area contributed by atoms with Crippen LogP contribution < -0.4 is 0 Å². The summed E-state index contributed by atoms with van der Waals surface area (Å²) in [5.74, 6) is 6.34. The van der Waals surface area contributed by atoms with Crippen LogP contribution in [0.4, 0.5) is 4.39 Å². The fourth-order valence-electron chi connectivity index (χ4n) is 3.07. The summed E-state index contributed by atoms with van der Waals surface area (Å²) in [6.45, 7) is 4.21. The molecule has 138 valence electrons. The van der Waals surface area contributed by atoms with Crippen molar-refractivity contribution in [2.75, 3.05) is 0 Å². The molecule has 0 aliphatic carbocycles. The molecule has 1 aromatic heterocycles. The normalized spacial score (nSPS) is 10.7. The second kappa shape index (κ2) is 7.50. The number of nitrogens with zero attached hydrogens (tertiary/aromatic N) is 1. The molecular formula is C24H18ClFN2. The van der Waals surface area contributed by atoms with E-state index in [1.807, 2.05) is 6.07 Å². The second-order valence-electron chi connectivity index (χ2n) is 6.86. The first-order valence-electron chi connectivity index (χ1n) is 9.00. The quantitative estimate of drug-likeness (QED) is 0.421. The van der Waals surface area contributed by atoms with Crippen molar-refractivity contribution < 1.29 is 4.39 Å². The predicted molar refractivity (Wildman–Crippen MR) is 112 cm³/mol. The van der Waals surface area contributed by atoms with E-state index >= 15 is 0 Å². The molecule has 1 heterocycles. The Balaban J connectivity index is 1.66. The van der Waals surface area contributed by atoms with E-state index < -0.39 is 0 Å². The second-order valence-corrected chi connectivity index (χ2v) is 7.27. The molecule has 0 amide bonds. The van der Waals surface area contributed by atoms with Crippen molar-refractivity contribution in [1.29, 1.82) is 0 Å². The Labute approximate surface area is 168 Å². The van der Waals surface area contributed by atoms with Crippen LogP contribution in [0.3, 0.4) is 0 Å². The van der Waals surface area contributed by atoms with Crippen molar-refractivity contribution in [3.05, 3.63) is 99.1 Å². The zero-order chi connectivity index (χ0) is 19.7. The number of hydrogen-bond donors (Lipinski definition) is 1. The van der Waals surface area contributed by atoms with Gasteiger partial charge in [-0.1, -0.05) is 53.8 Å². The molecule has 1 N–H and O–H groups in total. The number of rotatable bonds is 2. The molecule has 28 heavy (non-hydrogen) atoms. The van der Waals surface area contributed by atoms with Crippen LogP contribution in [0.2, 0.25) is 5.02 Å². The molecule has 0 aliphatic rings. The highest BCUT2D eigenvalue weighted by atomic mass is 35.5. The highest BCUT2D eigenvalue weighted by Crippen LogP contribution is 2.23. The van der Waals surface area contributed by atoms with Crippen LogP contribution in [0.15, 0.2) is 54.6 Å². The van der Waals surface area contributed by atoms with Crippen LogP contribution >= 0.6 is 11.6 Å². The first kappa shape index (κ1) is 18.3. The third-order valence-electron chi connectivity index (χ3n) is 4.77. The molecule has 2 nitrogen and oxygen atoms in total. The molecule has 0 unspecified atom stereocenters. The van der Waals surface area contributed by atoms with E-state index in [-0.39, 0.29) is 5.82 Å². The molecule has 4 heteroatoms. The van der Waals surface area contributed by atoms with Crippen molar-refractivity contribution in [2.45, 2.75) is 20.3 Å². The fourth-order valence-corrected chi connectivity index (χ4v) is 3.27. The van der Waals surface area contributed by atoms with Gasteiger partial charge in [-0.15, -0.1) is 0 Å². The number of aromatic nitrogens is 2. The fraction of sp³-hybridized carbons (Fsp3) is 0.125. The van der Waals surface area contributed by atoms with Gasteiger partial charge in [0.25, 0.3) is 0 Å². The molecule has 0 spiro atoms. The van der Waals surface area contributed by atoms with Crippen molar-refractivity contribution in [1.82, 2.24) is 9.97 Å². The van der Waals surface area contributed by atoms with E-state index in [2.05, 4.69) is 53.9 Å². The van der Waals surface area contributed by atoms with E-state index in [0.717, 1.165) is 16.9 Å². The zero-order valence-corrected chi connectivity index (χ0v) is 16.4. The number of H-pyrrole nitrogens is 1. The summed E-state index contributed by atoms with van der Waals surface area (Å²) >= 11 is 6.37. The molecule has 0 aliphatic heterocycles. The molecule has 4 rings (SSSR count). The SMILES string of the molecule is Cc1ccc(Cc2nc3cc(Cl)c(C#Cc4ccccc4F)cc3[nH]2)cc1C. The Kier molecular flexibility index (Phi) is 4.90. The van der Waals surface area contributed by atoms with E-state index in [9.17, 15) is 4.39 Å². The van der Waals surface area contributed by atoms with Gasteiger partial charge in [0.15, 0.2) is 0 Å². The third kappa shape index (κ3) is 3.78. The van der Waals surface area contributed by atoms with Gasteiger partial charge in [0, 0.05) is 12.0 Å². The number of aryl methyl sites for hydroxylation is 2. The maximum absolute atomic E-state index is 13.8. The lowest BCUT2D eigenvalue weighted by molar-refractivity contribution is 0.624. The first-order chi connectivity index (χ1) is 13.5. The molecule has 3 aromatic carbocycles. The number of hydrogen-bond acceptors (Lipinski definition) is 1. The summed E-state index contributed by atoms with van der Waals surface area (Å²) < 4.78 is 13.8. The lowest BCUT2D eigenvalue weighted by Crippen LogP contribution is -1.92. The first-order valence-corrected chi connectivity index (χ1v) is 9.38. The van der Waals surface area contributed by atoms with Crippen LogP contribution in [0.1, 0.15) is 33.6 Å². The average Bonchev–Trinajstić information content (AvgIpc) is 3.05. The van der Waals surface area contributed by atoms with Crippen LogP contribution in [-0.4, -0.2) is 9.97 Å². The number of fused-ring (bicyclic) bond motifs is 1. The summed E-state index contributed by atoms with van der Waals surface area (Å²) in [4.78, 5) is 7.99. The zero-order valence-electron chi connectivity index (χ0n) is 15.6. The minimum atomic E-state index is -0.343. The van der Waals surface area contributed by atoms with Gasteiger partial charge in [0.1, 0.15) is 11.6 Å². The van der Waals surface area contributed by atoms with Crippen molar-refractivity contribution in [3.8, 4) is 11.8 Å². The third-order valence-corrected chi connectivity index (χ3v) is 5.08. The largest absolute Gasteiger partial charge is 0.342 e. The van der Waals surface area contributed by atoms with Gasteiger partial charge in [-0.05, 0) is 54.8 Å². The number of halogens is 2. The maximum atomic E-state index is 13.8. The highest BCUT2D eigenvalue weighted by Gasteiger charge is 2.08. The van der Waals surface area contributed by atoms with Gasteiger partial charge in [-0.2, -0.15) is 0 Å². The summed E-state index contributed by atoms with van der Waals surface area (Å²) in [6.07, 6.45) is 0.712. The Morgan fingerprint density at radius 1 is 0.964 bits per heavy atom. The summed E-state index contributed by atoms with van der Waals surface area (Å²) in [5.41, 5.74) is 6.38. The summed E-state index contributed by atoms with van der Waals surface area (Å²) in [7, 11) is 0. The molecule has 0 saturated heterocycles. The number of imidazole rings is 1. The Bertz CT molecular complexity index is 1240. The Morgan fingerprint density at radius 2 is 1.75 bits per heavy atom. The van der Waals surface area contributed by atoms with Crippen molar-refractivity contribution >= 4 is 22.6 Å². The molecule has 0 bridgehead atoms. The van der Waals surface area contributed by atoms with Gasteiger partial charge in [-0.3, -0.25) is 0 Å². The molecule has 0 fully saturated rings. The van der Waals surface area contributed by atoms with Gasteiger partial charge < -0.3 is 4.98 Å². The monoisotopic (exact) mass is 388 g/mol. The highest BCUT2D eigenvalue weighted by molar-refractivity contribution is 6.32. The number of aromatic amines is 1. The lowest BCUT2D eigenvalue weighted by Gasteiger charge is -2.03. The van der Waals surface area contributed by atoms with Crippen LogP contribution in [0, 0.1) is 31.5 Å². The standard InChI is InChI=1S/C24H18ClFN2/c1-15-7-8-17(11-16(15)2)12-24-27-22-13-19(20(25)14-23(22)28-24)10-9-18-5-3-4-6-21(18)26/h3-8,11,13-14H,12H2,1-2H3,(H,27,28). The summed E-state index contributed by atoms with van der Waals surface area (Å²) in [5, 5.41) is 0.501. The smallest absolute Gasteiger partial charge is 0.138 e. The summed E-state index contributed by atoms with van der Waals surface area (Å²) in [6, 6.07) is 16.5. The number of benzene rings is 3. The van der Waals surface area contributed by atoms with E-state index in [1.165, 1.54) is 22.8 Å². The lowest BCUT2D eigenvalue weighted by atomic mass is 10.0. The minimum Gasteiger partial charge on any atom is -0.342 e. The topological polar surface area (TPSA) is 28.7 Å². The Morgan fingerprint density at radius 3 is 2.54 bits per heavy atom. The molecular weight excluding hydrogens is 371 g/mol. The maximum Gasteiger partial charge on any atom is 0.138 e. The Hall–Kier alpha value is -3.09. The average molecular weight is 389 g/mol. The van der Waals surface area contributed by atoms with Crippen molar-refractivity contribution in [3.63, 3.8) is 0 Å². The van der Waals surface area contributed by atoms with E-state index in [0.29, 0.717) is 22.6 Å². The van der Waals surface area contributed by atoms with Crippen molar-refractivity contribution in [2.24, 2.45) is 0 Å². The molecule has 0 saturated carbocycles. The number of nitrogens with one attached hydrogen (secondary N) is 1. The van der Waals surface area contributed by atoms with Crippen LogP contribution in [0.25, 0.3) is 11.0 Å². The minimum absolute atomic E-state index is 0.343. The molecule has 0 atom stereocenters. The van der Waals surface area contributed by atoms with Gasteiger partial charge >= 0.3 is 0 Å². The van der Waals surface area contributed by atoms with Gasteiger partial charge in [0.05, 0.1) is 21.6 Å².